The van der Waals surface area contributed by atoms with E-state index in [1.54, 1.807) is 12.1 Å². The number of quaternary nitrogens is 2. The molecule has 8 heteroatoms. The lowest BCUT2D eigenvalue weighted by Crippen LogP contribution is -3.27. The van der Waals surface area contributed by atoms with E-state index in [4.69, 9.17) is 0 Å². The van der Waals surface area contributed by atoms with Crippen LogP contribution in [0.5, 0.6) is 5.88 Å². The molecule has 0 unspecified atom stereocenters. The molecule has 1 aliphatic heterocycles. The van der Waals surface area contributed by atoms with Gasteiger partial charge in [-0.05, 0) is 12.1 Å². The van der Waals surface area contributed by atoms with Crippen LogP contribution in [0.3, 0.4) is 0 Å². The third-order valence-electron chi connectivity index (χ3n) is 4.74. The largest absolute Gasteiger partial charge is 0.492 e. The van der Waals surface area contributed by atoms with E-state index in [-0.39, 0.29) is 17.7 Å². The first-order valence-corrected chi connectivity index (χ1v) is 8.88. The van der Waals surface area contributed by atoms with E-state index in [1.807, 2.05) is 6.07 Å². The predicted octanol–water partition coefficient (Wildman–Crippen LogP) is -0.862. The Labute approximate surface area is 142 Å². The zero-order valence-electron chi connectivity index (χ0n) is 13.4. The molecule has 1 aliphatic rings. The summed E-state index contributed by atoms with van der Waals surface area (Å²) < 4.78 is 15.3. The van der Waals surface area contributed by atoms with E-state index < -0.39 is 0 Å². The number of halogens is 1. The molecule has 6 nitrogen and oxygen atoms in total. The third-order valence-corrected chi connectivity index (χ3v) is 5.84. The van der Waals surface area contributed by atoms with Crippen molar-refractivity contribution < 1.29 is 19.3 Å². The Kier molecular flexibility index (Phi) is 3.95. The molecular weight excluding hydrogens is 329 g/mol. The summed E-state index contributed by atoms with van der Waals surface area (Å²) >= 11 is 1.42. The van der Waals surface area contributed by atoms with Crippen LogP contribution in [0.4, 0.5) is 4.39 Å². The molecule has 1 aromatic carbocycles. The molecule has 0 radical (unpaired) electrons. The highest BCUT2D eigenvalue weighted by molar-refractivity contribution is 7.17. The first-order valence-electron chi connectivity index (χ1n) is 8.06. The van der Waals surface area contributed by atoms with Gasteiger partial charge in [0.15, 0.2) is 6.04 Å². The van der Waals surface area contributed by atoms with Gasteiger partial charge in [-0.25, -0.2) is 9.37 Å². The molecule has 0 spiro atoms. The van der Waals surface area contributed by atoms with Gasteiger partial charge in [-0.3, -0.25) is 0 Å². The zero-order valence-corrected chi connectivity index (χ0v) is 14.2. The Bertz CT molecular complexity index is 855. The molecule has 1 saturated heterocycles. The molecule has 2 aromatic heterocycles. The summed E-state index contributed by atoms with van der Waals surface area (Å²) in [4.78, 5) is 8.47. The fourth-order valence-electron chi connectivity index (χ4n) is 3.43. The molecule has 126 valence electrons. The summed E-state index contributed by atoms with van der Waals surface area (Å²) in [6.07, 6.45) is 1.43. The van der Waals surface area contributed by atoms with Gasteiger partial charge >= 0.3 is 0 Å². The van der Waals surface area contributed by atoms with E-state index in [0.717, 1.165) is 36.6 Å². The average molecular weight is 349 g/mol. The summed E-state index contributed by atoms with van der Waals surface area (Å²) in [7, 11) is 2.19. The second kappa shape index (κ2) is 6.12. The standard InChI is InChI=1S/C16H18FN5OS/c1-20-5-7-21(8-6-20)13(11-3-2-4-12(17)9-11)14-15(23)22-16(24-14)18-10-19-22/h2-4,9-10,13,23H,5-8H2,1H3/p+2/t13-/m0/s1. The quantitative estimate of drug-likeness (QED) is 0.577. The number of benzene rings is 1. The number of hydrogen-bond acceptors (Lipinski definition) is 4. The number of piperazine rings is 1. The van der Waals surface area contributed by atoms with E-state index in [1.165, 1.54) is 38.0 Å². The SMILES string of the molecule is C[NH+]1CC[NH+]([C@@H](c2cccc(F)c2)c2sc3ncnn3c2O)CC1. The van der Waals surface area contributed by atoms with Crippen LogP contribution in [0.2, 0.25) is 0 Å². The number of nitrogens with one attached hydrogen (secondary N) is 2. The van der Waals surface area contributed by atoms with Crippen LogP contribution in [-0.2, 0) is 0 Å². The fourth-order valence-corrected chi connectivity index (χ4v) is 4.54. The Balaban J connectivity index is 1.80. The number of thiazole rings is 1. The number of aromatic hydroxyl groups is 1. The maximum absolute atomic E-state index is 13.8. The molecule has 3 aromatic rings. The number of likely N-dealkylation sites (N-methyl/N-ethyl adjacent to an activating group) is 1. The topological polar surface area (TPSA) is 59.3 Å². The van der Waals surface area contributed by atoms with E-state index in [0.29, 0.717) is 4.96 Å². The summed E-state index contributed by atoms with van der Waals surface area (Å²) in [6.45, 7) is 4.06. The molecule has 3 heterocycles. The minimum atomic E-state index is -0.254. The van der Waals surface area contributed by atoms with Crippen molar-refractivity contribution in [3.05, 3.63) is 46.9 Å². The number of fused-ring (bicyclic) bond motifs is 1. The van der Waals surface area contributed by atoms with Crippen LogP contribution in [0.1, 0.15) is 16.5 Å². The molecule has 24 heavy (non-hydrogen) atoms. The smallest absolute Gasteiger partial charge is 0.235 e. The van der Waals surface area contributed by atoms with Crippen molar-refractivity contribution in [3.8, 4) is 5.88 Å². The molecule has 0 aliphatic carbocycles. The van der Waals surface area contributed by atoms with Crippen LogP contribution in [0, 0.1) is 5.82 Å². The second-order valence-electron chi connectivity index (χ2n) is 6.35. The van der Waals surface area contributed by atoms with Crippen molar-refractivity contribution in [2.45, 2.75) is 6.04 Å². The van der Waals surface area contributed by atoms with Crippen molar-refractivity contribution in [1.82, 2.24) is 14.6 Å². The van der Waals surface area contributed by atoms with Crippen LogP contribution in [0.25, 0.3) is 4.96 Å². The number of nitrogens with zero attached hydrogens (tertiary/aromatic N) is 3. The van der Waals surface area contributed by atoms with Gasteiger partial charge in [-0.2, -0.15) is 9.61 Å². The van der Waals surface area contributed by atoms with Gasteiger partial charge in [0.2, 0.25) is 10.8 Å². The van der Waals surface area contributed by atoms with Crippen LogP contribution >= 0.6 is 11.3 Å². The number of hydrogen-bond donors (Lipinski definition) is 3. The van der Waals surface area contributed by atoms with Crippen molar-refractivity contribution in [1.29, 1.82) is 0 Å². The second-order valence-corrected chi connectivity index (χ2v) is 7.36. The van der Waals surface area contributed by atoms with Gasteiger partial charge < -0.3 is 14.9 Å². The van der Waals surface area contributed by atoms with Gasteiger partial charge in [-0.1, -0.05) is 23.5 Å². The number of rotatable bonds is 3. The molecule has 0 amide bonds. The summed E-state index contributed by atoms with van der Waals surface area (Å²) in [5, 5.41) is 14.7. The van der Waals surface area contributed by atoms with Crippen molar-refractivity contribution in [2.24, 2.45) is 0 Å². The summed E-state index contributed by atoms with van der Waals surface area (Å²) in [6, 6.07) is 6.57. The molecule has 1 fully saturated rings. The third kappa shape index (κ3) is 2.66. The molecule has 1 atom stereocenters. The summed E-state index contributed by atoms with van der Waals surface area (Å²) in [5.74, 6) is -0.142. The summed E-state index contributed by atoms with van der Waals surface area (Å²) in [5.41, 5.74) is 0.879. The maximum atomic E-state index is 13.8. The lowest BCUT2D eigenvalue weighted by Gasteiger charge is -2.33. The van der Waals surface area contributed by atoms with Crippen molar-refractivity contribution in [3.63, 3.8) is 0 Å². The minimum Gasteiger partial charge on any atom is -0.492 e. The van der Waals surface area contributed by atoms with Crippen LogP contribution < -0.4 is 9.80 Å². The van der Waals surface area contributed by atoms with Gasteiger partial charge in [0.25, 0.3) is 0 Å². The molecule has 4 rings (SSSR count). The van der Waals surface area contributed by atoms with E-state index >= 15 is 0 Å². The average Bonchev–Trinajstić information content (AvgIpc) is 3.14. The Morgan fingerprint density at radius 3 is 2.79 bits per heavy atom. The highest BCUT2D eigenvalue weighted by atomic mass is 32.1. The molecule has 0 saturated carbocycles. The minimum absolute atomic E-state index is 0.109. The van der Waals surface area contributed by atoms with Crippen molar-refractivity contribution >= 4 is 16.3 Å². The Morgan fingerprint density at radius 2 is 2.08 bits per heavy atom. The van der Waals surface area contributed by atoms with Crippen LogP contribution in [-0.4, -0.2) is 52.9 Å². The van der Waals surface area contributed by atoms with Crippen LogP contribution in [0.15, 0.2) is 30.6 Å². The van der Waals surface area contributed by atoms with E-state index in [9.17, 15) is 9.50 Å². The lowest BCUT2D eigenvalue weighted by molar-refractivity contribution is -1.02. The van der Waals surface area contributed by atoms with Gasteiger partial charge in [-0.15, -0.1) is 0 Å². The zero-order chi connectivity index (χ0) is 16.7. The normalized spacial score (nSPS) is 22.8. The molecule has 3 N–H and O–H groups in total. The van der Waals surface area contributed by atoms with Crippen molar-refractivity contribution in [2.75, 3.05) is 33.2 Å². The first kappa shape index (κ1) is 15.5. The molecular formula is C16H20FN5OS+2. The molecule has 0 bridgehead atoms. The highest BCUT2D eigenvalue weighted by Crippen LogP contribution is 2.34. The maximum Gasteiger partial charge on any atom is 0.235 e. The first-order chi connectivity index (χ1) is 11.6. The van der Waals surface area contributed by atoms with Gasteiger partial charge in [0.1, 0.15) is 43.2 Å². The van der Waals surface area contributed by atoms with E-state index in [2.05, 4.69) is 17.1 Å². The lowest BCUT2D eigenvalue weighted by atomic mass is 10.0. The van der Waals surface area contributed by atoms with Gasteiger partial charge in [0, 0.05) is 5.56 Å². The fraction of sp³-hybridized carbons (Fsp3) is 0.375. The number of aromatic nitrogens is 3. The Morgan fingerprint density at radius 1 is 1.29 bits per heavy atom. The highest BCUT2D eigenvalue weighted by Gasteiger charge is 2.35. The monoisotopic (exact) mass is 349 g/mol. The Hall–Kier alpha value is -2.03. The predicted molar refractivity (Wildman–Crippen MR) is 88.1 cm³/mol. The van der Waals surface area contributed by atoms with Gasteiger partial charge in [0.05, 0.1) is 7.05 Å².